The fraction of sp³-hybridized carbons (Fsp3) is 0.250. The normalized spacial score (nSPS) is 10.1. The van der Waals surface area contributed by atoms with E-state index in [9.17, 15) is 9.18 Å². The Kier molecular flexibility index (Phi) is 5.30. The quantitative estimate of drug-likeness (QED) is 0.822. The second kappa shape index (κ2) is 7.40. The van der Waals surface area contributed by atoms with Crippen LogP contribution in [0.25, 0.3) is 0 Å². The third-order valence-electron chi connectivity index (χ3n) is 3.05. The van der Waals surface area contributed by atoms with Gasteiger partial charge in [-0.1, -0.05) is 0 Å². The van der Waals surface area contributed by atoms with E-state index in [4.69, 9.17) is 9.47 Å². The highest BCUT2D eigenvalue weighted by molar-refractivity contribution is 5.92. The molecule has 0 aliphatic carbocycles. The number of nitrogens with zero attached hydrogens (tertiary/aromatic N) is 2. The van der Waals surface area contributed by atoms with Crippen LogP contribution < -0.4 is 9.47 Å². The van der Waals surface area contributed by atoms with Gasteiger partial charge in [0.15, 0.2) is 0 Å². The molecule has 22 heavy (non-hydrogen) atoms. The predicted molar refractivity (Wildman–Crippen MR) is 79.6 cm³/mol. The summed E-state index contributed by atoms with van der Waals surface area (Å²) in [5.74, 6) is 0.698. The zero-order valence-electron chi connectivity index (χ0n) is 12.5. The second-order valence-electron chi connectivity index (χ2n) is 4.61. The lowest BCUT2D eigenvalue weighted by molar-refractivity contribution is 0.0768. The van der Waals surface area contributed by atoms with Crippen LogP contribution in [0.2, 0.25) is 0 Å². The maximum Gasteiger partial charge on any atom is 0.272 e. The fourth-order valence-corrected chi connectivity index (χ4v) is 1.77. The molecule has 0 saturated heterocycles. The molecule has 2 aromatic rings. The zero-order chi connectivity index (χ0) is 15.9. The van der Waals surface area contributed by atoms with E-state index in [2.05, 4.69) is 4.98 Å². The minimum Gasteiger partial charge on any atom is -0.497 e. The van der Waals surface area contributed by atoms with Crippen LogP contribution in [0.5, 0.6) is 11.5 Å². The molecule has 0 radical (unpaired) electrons. The van der Waals surface area contributed by atoms with Gasteiger partial charge in [0.25, 0.3) is 5.91 Å². The van der Waals surface area contributed by atoms with E-state index >= 15 is 0 Å². The Morgan fingerprint density at radius 2 is 1.86 bits per heavy atom. The molecule has 0 unspecified atom stereocenters. The predicted octanol–water partition coefficient (Wildman–Crippen LogP) is 2.38. The van der Waals surface area contributed by atoms with Gasteiger partial charge in [-0.25, -0.2) is 9.37 Å². The van der Waals surface area contributed by atoms with Crippen LogP contribution in [0.3, 0.4) is 0 Å². The van der Waals surface area contributed by atoms with Crippen molar-refractivity contribution < 1.29 is 18.7 Å². The highest BCUT2D eigenvalue weighted by Crippen LogP contribution is 2.16. The number of hydrogen-bond acceptors (Lipinski definition) is 4. The Morgan fingerprint density at radius 3 is 2.45 bits per heavy atom. The van der Waals surface area contributed by atoms with Crippen molar-refractivity contribution >= 4 is 5.91 Å². The van der Waals surface area contributed by atoms with Gasteiger partial charge in [-0.05, 0) is 36.4 Å². The summed E-state index contributed by atoms with van der Waals surface area (Å²) in [6, 6.07) is 9.75. The van der Waals surface area contributed by atoms with Crippen molar-refractivity contribution in [2.45, 2.75) is 0 Å². The topological polar surface area (TPSA) is 51.7 Å². The largest absolute Gasteiger partial charge is 0.497 e. The number of halogens is 1. The zero-order valence-corrected chi connectivity index (χ0v) is 12.5. The number of methoxy groups -OCH3 is 1. The Hall–Kier alpha value is -2.63. The van der Waals surface area contributed by atoms with Crippen molar-refractivity contribution in [1.82, 2.24) is 9.88 Å². The number of benzene rings is 1. The maximum atomic E-state index is 12.8. The van der Waals surface area contributed by atoms with Crippen LogP contribution in [-0.2, 0) is 0 Å². The van der Waals surface area contributed by atoms with E-state index < -0.39 is 5.82 Å². The van der Waals surface area contributed by atoms with Crippen LogP contribution in [0, 0.1) is 5.82 Å². The summed E-state index contributed by atoms with van der Waals surface area (Å²) in [6.45, 7) is 0.736. The molecular weight excluding hydrogens is 287 g/mol. The van der Waals surface area contributed by atoms with Gasteiger partial charge in [-0.2, -0.15) is 0 Å². The van der Waals surface area contributed by atoms with Crippen LogP contribution in [-0.4, -0.2) is 43.1 Å². The number of carbonyl (C=O) groups is 1. The number of amides is 1. The van der Waals surface area contributed by atoms with Gasteiger partial charge < -0.3 is 14.4 Å². The summed E-state index contributed by atoms with van der Waals surface area (Å²) in [4.78, 5) is 17.3. The van der Waals surface area contributed by atoms with E-state index in [1.165, 1.54) is 17.0 Å². The van der Waals surface area contributed by atoms with E-state index in [0.29, 0.717) is 18.9 Å². The summed E-state index contributed by atoms with van der Waals surface area (Å²) in [7, 11) is 3.24. The molecule has 1 aromatic carbocycles. The molecule has 0 bridgehead atoms. The third kappa shape index (κ3) is 4.18. The number of hydrogen-bond donors (Lipinski definition) is 0. The van der Waals surface area contributed by atoms with Crippen molar-refractivity contribution in [1.29, 1.82) is 0 Å². The van der Waals surface area contributed by atoms with Crippen LogP contribution >= 0.6 is 0 Å². The van der Waals surface area contributed by atoms with Crippen molar-refractivity contribution in [3.63, 3.8) is 0 Å². The number of rotatable bonds is 6. The molecule has 1 aromatic heterocycles. The van der Waals surface area contributed by atoms with Gasteiger partial charge in [0.1, 0.15) is 29.6 Å². The highest BCUT2D eigenvalue weighted by Gasteiger charge is 2.12. The lowest BCUT2D eigenvalue weighted by atomic mass is 10.3. The van der Waals surface area contributed by atoms with E-state index in [-0.39, 0.29) is 11.6 Å². The third-order valence-corrected chi connectivity index (χ3v) is 3.05. The van der Waals surface area contributed by atoms with Crippen LogP contribution in [0.1, 0.15) is 10.5 Å². The van der Waals surface area contributed by atoms with E-state index in [1.807, 2.05) is 0 Å². The van der Waals surface area contributed by atoms with Gasteiger partial charge >= 0.3 is 0 Å². The van der Waals surface area contributed by atoms with Gasteiger partial charge in [-0.3, -0.25) is 4.79 Å². The van der Waals surface area contributed by atoms with Gasteiger partial charge in [0.05, 0.1) is 19.9 Å². The fourth-order valence-electron chi connectivity index (χ4n) is 1.77. The Bertz CT molecular complexity index is 614. The second-order valence-corrected chi connectivity index (χ2v) is 4.61. The van der Waals surface area contributed by atoms with E-state index in [0.717, 1.165) is 11.9 Å². The Morgan fingerprint density at radius 1 is 1.18 bits per heavy atom. The summed E-state index contributed by atoms with van der Waals surface area (Å²) >= 11 is 0. The summed E-state index contributed by atoms with van der Waals surface area (Å²) in [5, 5.41) is 0. The first-order valence-corrected chi connectivity index (χ1v) is 6.74. The Balaban J connectivity index is 1.82. The molecule has 0 aliphatic rings. The van der Waals surface area contributed by atoms with Crippen molar-refractivity contribution in [3.8, 4) is 11.5 Å². The van der Waals surface area contributed by atoms with Crippen LogP contribution in [0.4, 0.5) is 4.39 Å². The minimum absolute atomic E-state index is 0.202. The SMILES string of the molecule is COc1ccc(OCCN(C)C(=O)c2ccc(F)cn2)cc1. The number of aromatic nitrogens is 1. The average molecular weight is 304 g/mol. The summed E-state index contributed by atoms with van der Waals surface area (Å²) in [5.41, 5.74) is 0.202. The molecule has 1 amide bonds. The van der Waals surface area contributed by atoms with E-state index in [1.54, 1.807) is 38.4 Å². The number of likely N-dealkylation sites (N-methyl/N-ethyl adjacent to an activating group) is 1. The maximum absolute atomic E-state index is 12.8. The molecule has 5 nitrogen and oxygen atoms in total. The molecule has 0 atom stereocenters. The van der Waals surface area contributed by atoms with Crippen LogP contribution in [0.15, 0.2) is 42.6 Å². The lowest BCUT2D eigenvalue weighted by Crippen LogP contribution is -2.31. The molecule has 6 heteroatoms. The standard InChI is InChI=1S/C16H17FN2O3/c1-19(16(20)15-8-3-12(17)11-18-15)9-10-22-14-6-4-13(21-2)5-7-14/h3-8,11H,9-10H2,1-2H3. The first-order valence-electron chi connectivity index (χ1n) is 6.74. The molecule has 2 rings (SSSR count). The smallest absolute Gasteiger partial charge is 0.272 e. The number of carbonyl (C=O) groups excluding carboxylic acids is 1. The first kappa shape index (κ1) is 15.8. The molecule has 116 valence electrons. The molecule has 0 spiro atoms. The molecule has 0 N–H and O–H groups in total. The number of ether oxygens (including phenoxy) is 2. The monoisotopic (exact) mass is 304 g/mol. The van der Waals surface area contributed by atoms with Crippen molar-refractivity contribution in [3.05, 3.63) is 54.1 Å². The molecule has 0 fully saturated rings. The lowest BCUT2D eigenvalue weighted by Gasteiger charge is -2.17. The first-order chi connectivity index (χ1) is 10.6. The van der Waals surface area contributed by atoms with Crippen molar-refractivity contribution in [2.75, 3.05) is 27.3 Å². The van der Waals surface area contributed by atoms with Crippen molar-refractivity contribution in [2.24, 2.45) is 0 Å². The molecule has 1 heterocycles. The summed E-state index contributed by atoms with van der Waals surface area (Å²) < 4.78 is 23.4. The minimum atomic E-state index is -0.470. The molecule has 0 aliphatic heterocycles. The summed E-state index contributed by atoms with van der Waals surface area (Å²) in [6.07, 6.45) is 1.02. The average Bonchev–Trinajstić information content (AvgIpc) is 2.55. The Labute approximate surface area is 128 Å². The van der Waals surface area contributed by atoms with Gasteiger partial charge in [0, 0.05) is 7.05 Å². The van der Waals surface area contributed by atoms with Gasteiger partial charge in [-0.15, -0.1) is 0 Å². The molecule has 0 saturated carbocycles. The highest BCUT2D eigenvalue weighted by atomic mass is 19.1. The molecular formula is C16H17FN2O3. The number of pyridine rings is 1. The van der Waals surface area contributed by atoms with Gasteiger partial charge in [0.2, 0.25) is 0 Å².